The van der Waals surface area contributed by atoms with E-state index in [2.05, 4.69) is 0 Å². The van der Waals surface area contributed by atoms with Crippen molar-refractivity contribution in [1.29, 1.82) is 0 Å². The molecule has 0 spiro atoms. The van der Waals surface area contributed by atoms with E-state index >= 15 is 0 Å². The van der Waals surface area contributed by atoms with E-state index < -0.39 is 12.0 Å². The Labute approximate surface area is 174 Å². The van der Waals surface area contributed by atoms with Crippen molar-refractivity contribution >= 4 is 23.6 Å². The number of nitrogens with zero attached hydrogens (tertiary/aromatic N) is 1. The summed E-state index contributed by atoms with van der Waals surface area (Å²) in [6.07, 6.45) is 0. The highest BCUT2D eigenvalue weighted by Gasteiger charge is 2.42. The summed E-state index contributed by atoms with van der Waals surface area (Å²) in [5, 5.41) is 9.37. The minimum Gasteiger partial charge on any atom is -0.480 e. The Hall–Kier alpha value is -3.05. The predicted octanol–water partition coefficient (Wildman–Crippen LogP) is 5.00. The Morgan fingerprint density at radius 1 is 0.897 bits per heavy atom. The summed E-state index contributed by atoms with van der Waals surface area (Å²) in [6.45, 7) is 2.00. The van der Waals surface area contributed by atoms with Gasteiger partial charge in [0.1, 0.15) is 11.4 Å². The molecule has 1 heterocycles. The Morgan fingerprint density at radius 2 is 1.52 bits per heavy atom. The maximum Gasteiger partial charge on any atom is 0.327 e. The lowest BCUT2D eigenvalue weighted by Crippen LogP contribution is -2.42. The predicted molar refractivity (Wildman–Crippen MR) is 116 cm³/mol. The van der Waals surface area contributed by atoms with Gasteiger partial charge in [0.15, 0.2) is 0 Å². The Morgan fingerprint density at radius 3 is 2.14 bits per heavy atom. The normalized spacial score (nSPS) is 18.6. The summed E-state index contributed by atoms with van der Waals surface area (Å²) in [6, 6.07) is 24.4. The SMILES string of the molecule is Cc1ccc(C2SCC(C(=O)O)N2C(=O)c2ccc(-c3ccccc3)cc2)cc1. The topological polar surface area (TPSA) is 57.6 Å². The molecule has 0 radical (unpaired) electrons. The highest BCUT2D eigenvalue weighted by Crippen LogP contribution is 2.42. The van der Waals surface area contributed by atoms with Crippen molar-refractivity contribution in [1.82, 2.24) is 4.90 Å². The van der Waals surface area contributed by atoms with Crippen LogP contribution in [0.5, 0.6) is 0 Å². The molecule has 1 saturated heterocycles. The third kappa shape index (κ3) is 3.91. The van der Waals surface area contributed by atoms with Crippen LogP contribution in [0.4, 0.5) is 0 Å². The largest absolute Gasteiger partial charge is 0.480 e. The highest BCUT2D eigenvalue weighted by atomic mass is 32.2. The van der Waals surface area contributed by atoms with Gasteiger partial charge in [0.2, 0.25) is 0 Å². The lowest BCUT2D eigenvalue weighted by Gasteiger charge is -2.28. The van der Waals surface area contributed by atoms with Crippen LogP contribution >= 0.6 is 11.8 Å². The molecule has 0 bridgehead atoms. The number of rotatable bonds is 4. The van der Waals surface area contributed by atoms with Gasteiger partial charge in [-0.15, -0.1) is 11.8 Å². The maximum atomic E-state index is 13.3. The zero-order valence-electron chi connectivity index (χ0n) is 16.0. The van der Waals surface area contributed by atoms with Crippen molar-refractivity contribution in [3.63, 3.8) is 0 Å². The molecule has 0 aromatic heterocycles. The summed E-state index contributed by atoms with van der Waals surface area (Å²) in [4.78, 5) is 26.6. The van der Waals surface area contributed by atoms with E-state index in [4.69, 9.17) is 0 Å². The number of amides is 1. The molecular weight excluding hydrogens is 382 g/mol. The highest BCUT2D eigenvalue weighted by molar-refractivity contribution is 7.99. The van der Waals surface area contributed by atoms with Gasteiger partial charge in [-0.05, 0) is 35.7 Å². The molecule has 29 heavy (non-hydrogen) atoms. The van der Waals surface area contributed by atoms with Gasteiger partial charge in [-0.1, -0.05) is 72.3 Å². The van der Waals surface area contributed by atoms with Crippen LogP contribution in [0.1, 0.15) is 26.9 Å². The molecule has 3 aromatic carbocycles. The van der Waals surface area contributed by atoms with E-state index in [0.717, 1.165) is 22.3 Å². The first-order valence-corrected chi connectivity index (χ1v) is 10.5. The number of hydrogen-bond acceptors (Lipinski definition) is 3. The average molecular weight is 404 g/mol. The lowest BCUT2D eigenvalue weighted by atomic mass is 10.0. The van der Waals surface area contributed by atoms with Crippen molar-refractivity contribution < 1.29 is 14.7 Å². The first kappa shape index (κ1) is 19.3. The number of aryl methyl sites for hydroxylation is 1. The molecule has 0 aliphatic carbocycles. The maximum absolute atomic E-state index is 13.3. The molecule has 0 saturated carbocycles. The van der Waals surface area contributed by atoms with Crippen LogP contribution < -0.4 is 0 Å². The fourth-order valence-corrected chi connectivity index (χ4v) is 4.94. The number of carboxylic acid groups (broad SMARTS) is 1. The summed E-state index contributed by atoms with van der Waals surface area (Å²) in [7, 11) is 0. The number of carboxylic acids is 1. The number of thioether (sulfide) groups is 1. The zero-order chi connectivity index (χ0) is 20.4. The molecule has 2 atom stereocenters. The Balaban J connectivity index is 1.64. The molecule has 5 heteroatoms. The van der Waals surface area contributed by atoms with Gasteiger partial charge in [-0.25, -0.2) is 4.79 Å². The van der Waals surface area contributed by atoms with Gasteiger partial charge < -0.3 is 10.0 Å². The van der Waals surface area contributed by atoms with Crippen LogP contribution in [0, 0.1) is 6.92 Å². The van der Waals surface area contributed by atoms with Crippen LogP contribution in [0.3, 0.4) is 0 Å². The van der Waals surface area contributed by atoms with Gasteiger partial charge in [-0.2, -0.15) is 0 Å². The van der Waals surface area contributed by atoms with Crippen molar-refractivity contribution in [3.8, 4) is 11.1 Å². The molecule has 4 nitrogen and oxygen atoms in total. The molecule has 2 unspecified atom stereocenters. The summed E-state index contributed by atoms with van der Waals surface area (Å²) in [5.74, 6) is -0.851. The third-order valence-electron chi connectivity index (χ3n) is 5.12. The fourth-order valence-electron chi connectivity index (χ4n) is 3.52. The van der Waals surface area contributed by atoms with Gasteiger partial charge in [0.05, 0.1) is 0 Å². The minimum atomic E-state index is -0.971. The molecule has 146 valence electrons. The van der Waals surface area contributed by atoms with Gasteiger partial charge >= 0.3 is 5.97 Å². The second kappa shape index (κ2) is 8.13. The quantitative estimate of drug-likeness (QED) is 0.666. The fraction of sp³-hybridized carbons (Fsp3) is 0.167. The minimum absolute atomic E-state index is 0.257. The summed E-state index contributed by atoms with van der Waals surface area (Å²) < 4.78 is 0. The van der Waals surface area contributed by atoms with Crippen LogP contribution in [-0.2, 0) is 4.79 Å². The third-order valence-corrected chi connectivity index (χ3v) is 6.44. The monoisotopic (exact) mass is 403 g/mol. The molecule has 4 rings (SSSR count). The number of carbonyl (C=O) groups excluding carboxylic acids is 1. The average Bonchev–Trinajstić information content (AvgIpc) is 3.20. The van der Waals surface area contributed by atoms with E-state index in [1.54, 1.807) is 12.1 Å². The Bertz CT molecular complexity index is 1020. The van der Waals surface area contributed by atoms with Crippen molar-refractivity contribution in [3.05, 3.63) is 95.6 Å². The van der Waals surface area contributed by atoms with Gasteiger partial charge in [0.25, 0.3) is 5.91 Å². The van der Waals surface area contributed by atoms with E-state index in [9.17, 15) is 14.7 Å². The second-order valence-electron chi connectivity index (χ2n) is 7.11. The van der Waals surface area contributed by atoms with Crippen LogP contribution in [-0.4, -0.2) is 33.7 Å². The summed E-state index contributed by atoms with van der Waals surface area (Å²) >= 11 is 1.49. The van der Waals surface area contributed by atoms with Crippen molar-refractivity contribution in [2.24, 2.45) is 0 Å². The number of hydrogen-bond donors (Lipinski definition) is 1. The first-order valence-electron chi connectivity index (χ1n) is 9.44. The molecule has 1 fully saturated rings. The van der Waals surface area contributed by atoms with E-state index in [-0.39, 0.29) is 11.3 Å². The van der Waals surface area contributed by atoms with Crippen LogP contribution in [0.25, 0.3) is 11.1 Å². The van der Waals surface area contributed by atoms with Crippen LogP contribution in [0.15, 0.2) is 78.9 Å². The first-order chi connectivity index (χ1) is 14.0. The van der Waals surface area contributed by atoms with E-state index in [0.29, 0.717) is 11.3 Å². The molecular formula is C24H21NO3S. The molecule has 3 aromatic rings. The smallest absolute Gasteiger partial charge is 0.327 e. The standard InChI is InChI=1S/C24H21NO3S/c1-16-7-9-20(10-8-16)23-25(21(15-29-23)24(27)28)22(26)19-13-11-18(12-14-19)17-5-3-2-4-6-17/h2-14,21,23H,15H2,1H3,(H,27,28). The summed E-state index contributed by atoms with van der Waals surface area (Å²) in [5.41, 5.74) is 4.65. The molecule has 1 aliphatic rings. The second-order valence-corrected chi connectivity index (χ2v) is 8.22. The van der Waals surface area contributed by atoms with E-state index in [1.165, 1.54) is 16.7 Å². The van der Waals surface area contributed by atoms with Gasteiger partial charge in [-0.3, -0.25) is 4.79 Å². The van der Waals surface area contributed by atoms with Crippen molar-refractivity contribution in [2.75, 3.05) is 5.75 Å². The number of benzene rings is 3. The lowest BCUT2D eigenvalue weighted by molar-refractivity contribution is -0.141. The molecule has 1 aliphatic heterocycles. The van der Waals surface area contributed by atoms with E-state index in [1.807, 2.05) is 73.7 Å². The van der Waals surface area contributed by atoms with Gasteiger partial charge in [0, 0.05) is 11.3 Å². The Kier molecular flexibility index (Phi) is 5.41. The zero-order valence-corrected chi connectivity index (χ0v) is 16.8. The number of aliphatic carboxylic acids is 1. The molecule has 1 N–H and O–H groups in total. The van der Waals surface area contributed by atoms with Crippen molar-refractivity contribution in [2.45, 2.75) is 18.3 Å². The molecule has 1 amide bonds. The van der Waals surface area contributed by atoms with Crippen LogP contribution in [0.2, 0.25) is 0 Å². The number of carbonyl (C=O) groups is 2.